The molecule has 1 aliphatic heterocycles. The number of nitrogens with one attached hydrogen (secondary N) is 1. The number of pyridine rings is 1. The van der Waals surface area contributed by atoms with E-state index in [4.69, 9.17) is 4.74 Å². The predicted molar refractivity (Wildman–Crippen MR) is 118 cm³/mol. The van der Waals surface area contributed by atoms with Crippen LogP contribution in [0.25, 0.3) is 0 Å². The molecule has 2 fully saturated rings. The van der Waals surface area contributed by atoms with Crippen molar-refractivity contribution in [3.63, 3.8) is 0 Å². The summed E-state index contributed by atoms with van der Waals surface area (Å²) >= 11 is 0. The summed E-state index contributed by atoms with van der Waals surface area (Å²) in [6.07, 6.45) is 8.44. The van der Waals surface area contributed by atoms with E-state index >= 15 is 0 Å². The summed E-state index contributed by atoms with van der Waals surface area (Å²) in [5.74, 6) is 1.68. The summed E-state index contributed by atoms with van der Waals surface area (Å²) in [5.41, 5.74) is 2.19. The van der Waals surface area contributed by atoms with Gasteiger partial charge in [-0.15, -0.1) is 0 Å². The van der Waals surface area contributed by atoms with Crippen LogP contribution in [0, 0.1) is 11.8 Å². The molecule has 5 heteroatoms. The maximum absolute atomic E-state index is 13.0. The number of amides is 1. The van der Waals surface area contributed by atoms with Crippen molar-refractivity contribution in [1.29, 1.82) is 0 Å². The summed E-state index contributed by atoms with van der Waals surface area (Å²) in [6.45, 7) is 2.89. The van der Waals surface area contributed by atoms with Crippen molar-refractivity contribution in [2.24, 2.45) is 11.8 Å². The Balaban J connectivity index is 1.49. The van der Waals surface area contributed by atoms with Gasteiger partial charge in [0.15, 0.2) is 0 Å². The number of para-hydroxylation sites is 1. The van der Waals surface area contributed by atoms with Gasteiger partial charge in [0.2, 0.25) is 5.91 Å². The van der Waals surface area contributed by atoms with Gasteiger partial charge in [0.1, 0.15) is 5.75 Å². The molecule has 1 N–H and O–H groups in total. The van der Waals surface area contributed by atoms with Gasteiger partial charge in [-0.05, 0) is 56.3 Å². The molecule has 1 amide bonds. The number of aromatic nitrogens is 1. The molecule has 0 radical (unpaired) electrons. The second-order valence-electron chi connectivity index (χ2n) is 8.67. The second kappa shape index (κ2) is 10.1. The Kier molecular flexibility index (Phi) is 7.00. The number of nitrogens with zero attached hydrogens (tertiary/aromatic N) is 2. The van der Waals surface area contributed by atoms with Gasteiger partial charge in [-0.1, -0.05) is 37.1 Å². The largest absolute Gasteiger partial charge is 0.496 e. The lowest BCUT2D eigenvalue weighted by Gasteiger charge is -2.37. The van der Waals surface area contributed by atoms with E-state index in [0.29, 0.717) is 5.92 Å². The van der Waals surface area contributed by atoms with Crippen molar-refractivity contribution in [2.75, 3.05) is 20.2 Å². The molecule has 160 valence electrons. The number of rotatable bonds is 7. The molecule has 1 saturated carbocycles. The van der Waals surface area contributed by atoms with Gasteiger partial charge in [0, 0.05) is 30.8 Å². The van der Waals surface area contributed by atoms with Crippen LogP contribution in [0.2, 0.25) is 0 Å². The van der Waals surface area contributed by atoms with E-state index in [1.165, 1.54) is 18.4 Å². The average molecular weight is 408 g/mol. The Hall–Kier alpha value is -2.40. The molecule has 2 heterocycles. The van der Waals surface area contributed by atoms with Crippen LogP contribution in [-0.2, 0) is 11.3 Å². The van der Waals surface area contributed by atoms with Gasteiger partial charge in [0.05, 0.1) is 18.8 Å². The molecule has 0 bridgehead atoms. The second-order valence-corrected chi connectivity index (χ2v) is 8.67. The molecule has 5 nitrogen and oxygen atoms in total. The molecule has 30 heavy (non-hydrogen) atoms. The fraction of sp³-hybridized carbons (Fsp3) is 0.520. The standard InChI is InChI=1S/C25H33N3O2/c1-30-23-14-5-4-11-20(23)17-28-16-8-12-21(18-28)24(22-13-6-7-15-26-22)27-25(29)19-9-2-3-10-19/h4-7,11,13-15,19,21,24H,2-3,8-10,12,16-18H2,1H3,(H,27,29)/t21-,24+/m1/s1. The minimum absolute atomic E-state index is 0.0280. The van der Waals surface area contributed by atoms with Crippen molar-refractivity contribution in [3.8, 4) is 5.75 Å². The normalized spacial score (nSPS) is 21.3. The van der Waals surface area contributed by atoms with Crippen molar-refractivity contribution >= 4 is 5.91 Å². The number of hydrogen-bond donors (Lipinski definition) is 1. The van der Waals surface area contributed by atoms with Crippen molar-refractivity contribution < 1.29 is 9.53 Å². The monoisotopic (exact) mass is 407 g/mol. The molecular weight excluding hydrogens is 374 g/mol. The number of piperidine rings is 1. The lowest BCUT2D eigenvalue weighted by Crippen LogP contribution is -2.44. The zero-order chi connectivity index (χ0) is 20.8. The summed E-state index contributed by atoms with van der Waals surface area (Å²) in [7, 11) is 1.73. The number of likely N-dealkylation sites (tertiary alicyclic amines) is 1. The highest BCUT2D eigenvalue weighted by Crippen LogP contribution is 2.32. The lowest BCUT2D eigenvalue weighted by molar-refractivity contribution is -0.126. The van der Waals surface area contributed by atoms with E-state index < -0.39 is 0 Å². The highest BCUT2D eigenvalue weighted by molar-refractivity contribution is 5.79. The Morgan fingerprint density at radius 2 is 1.93 bits per heavy atom. The Morgan fingerprint density at radius 1 is 1.13 bits per heavy atom. The molecule has 1 aromatic heterocycles. The summed E-state index contributed by atoms with van der Waals surface area (Å²) in [5, 5.41) is 3.40. The van der Waals surface area contributed by atoms with Crippen LogP contribution in [0.3, 0.4) is 0 Å². The Morgan fingerprint density at radius 3 is 2.70 bits per heavy atom. The SMILES string of the molecule is COc1ccccc1CN1CCC[C@@H]([C@H](NC(=O)C2CCCC2)c2ccccn2)C1. The quantitative estimate of drug-likeness (QED) is 0.741. The van der Waals surface area contributed by atoms with Crippen LogP contribution >= 0.6 is 0 Å². The first-order valence-electron chi connectivity index (χ1n) is 11.3. The van der Waals surface area contributed by atoms with E-state index in [0.717, 1.165) is 56.8 Å². The van der Waals surface area contributed by atoms with Crippen LogP contribution < -0.4 is 10.1 Å². The first-order chi connectivity index (χ1) is 14.7. The molecule has 1 aromatic carbocycles. The third-order valence-electron chi connectivity index (χ3n) is 6.63. The third kappa shape index (κ3) is 5.01. The van der Waals surface area contributed by atoms with E-state index in [-0.39, 0.29) is 17.9 Å². The average Bonchev–Trinajstić information content (AvgIpc) is 3.34. The molecule has 2 aromatic rings. The number of methoxy groups -OCH3 is 1. The number of hydrogen-bond acceptors (Lipinski definition) is 4. The van der Waals surface area contributed by atoms with E-state index in [2.05, 4.69) is 33.4 Å². The number of benzene rings is 1. The van der Waals surface area contributed by atoms with Gasteiger partial charge < -0.3 is 10.1 Å². The number of ether oxygens (including phenoxy) is 1. The zero-order valence-electron chi connectivity index (χ0n) is 17.9. The highest BCUT2D eigenvalue weighted by atomic mass is 16.5. The maximum Gasteiger partial charge on any atom is 0.223 e. The van der Waals surface area contributed by atoms with Gasteiger partial charge in [-0.3, -0.25) is 14.7 Å². The summed E-state index contributed by atoms with van der Waals surface area (Å²) in [4.78, 5) is 20.1. The predicted octanol–water partition coefficient (Wildman–Crippen LogP) is 4.35. The van der Waals surface area contributed by atoms with Crippen LogP contribution in [0.5, 0.6) is 5.75 Å². The van der Waals surface area contributed by atoms with Crippen molar-refractivity contribution in [1.82, 2.24) is 15.2 Å². The zero-order valence-corrected chi connectivity index (χ0v) is 17.9. The molecule has 1 aliphatic carbocycles. The van der Waals surface area contributed by atoms with Crippen LogP contribution in [0.1, 0.15) is 55.8 Å². The molecule has 2 aliphatic rings. The van der Waals surface area contributed by atoms with Crippen molar-refractivity contribution in [2.45, 2.75) is 51.1 Å². The molecular formula is C25H33N3O2. The topological polar surface area (TPSA) is 54.5 Å². The maximum atomic E-state index is 13.0. The van der Waals surface area contributed by atoms with Crippen LogP contribution in [0.15, 0.2) is 48.7 Å². The van der Waals surface area contributed by atoms with Crippen LogP contribution in [-0.4, -0.2) is 36.0 Å². The first-order valence-corrected chi connectivity index (χ1v) is 11.3. The minimum atomic E-state index is -0.0280. The third-order valence-corrected chi connectivity index (χ3v) is 6.63. The van der Waals surface area contributed by atoms with Crippen molar-refractivity contribution in [3.05, 3.63) is 59.9 Å². The number of carbonyl (C=O) groups excluding carboxylic acids is 1. The fourth-order valence-electron chi connectivity index (χ4n) is 5.03. The van der Waals surface area contributed by atoms with Gasteiger partial charge in [-0.2, -0.15) is 0 Å². The van der Waals surface area contributed by atoms with E-state index in [9.17, 15) is 4.79 Å². The molecule has 0 unspecified atom stereocenters. The van der Waals surface area contributed by atoms with Gasteiger partial charge >= 0.3 is 0 Å². The van der Waals surface area contributed by atoms with Crippen LogP contribution in [0.4, 0.5) is 0 Å². The number of carbonyl (C=O) groups is 1. The Bertz CT molecular complexity index is 820. The summed E-state index contributed by atoms with van der Waals surface area (Å²) < 4.78 is 5.55. The summed E-state index contributed by atoms with van der Waals surface area (Å²) in [6, 6.07) is 14.2. The van der Waals surface area contributed by atoms with E-state index in [1.807, 2.05) is 30.5 Å². The van der Waals surface area contributed by atoms with E-state index in [1.54, 1.807) is 7.11 Å². The molecule has 0 spiro atoms. The van der Waals surface area contributed by atoms with Gasteiger partial charge in [-0.25, -0.2) is 0 Å². The molecule has 1 saturated heterocycles. The van der Waals surface area contributed by atoms with Gasteiger partial charge in [0.25, 0.3) is 0 Å². The molecule has 4 rings (SSSR count). The smallest absolute Gasteiger partial charge is 0.223 e. The Labute approximate surface area is 179 Å². The lowest BCUT2D eigenvalue weighted by atomic mass is 9.87. The highest BCUT2D eigenvalue weighted by Gasteiger charge is 2.33. The molecule has 2 atom stereocenters. The fourth-order valence-corrected chi connectivity index (χ4v) is 5.03. The first kappa shape index (κ1) is 20.9. The minimum Gasteiger partial charge on any atom is -0.496 e.